The highest BCUT2D eigenvalue weighted by Crippen LogP contribution is 2.43. The second-order valence-electron chi connectivity index (χ2n) is 7.58. The molecule has 0 heterocycles. The third-order valence-corrected chi connectivity index (χ3v) is 5.42. The minimum atomic E-state index is 0.199. The van der Waals surface area contributed by atoms with Crippen molar-refractivity contribution in [1.82, 2.24) is 0 Å². The highest BCUT2D eigenvalue weighted by molar-refractivity contribution is 5.84. The number of phenols is 1. The van der Waals surface area contributed by atoms with Crippen LogP contribution in [0.4, 0.5) is 0 Å². The van der Waals surface area contributed by atoms with Crippen LogP contribution in [0.5, 0.6) is 17.2 Å². The van der Waals surface area contributed by atoms with Crippen LogP contribution in [0.15, 0.2) is 86.5 Å². The fraction of sp³-hybridized carbons (Fsp3) is 0.172. The molecule has 0 aliphatic heterocycles. The lowest BCUT2D eigenvalue weighted by atomic mass is 9.91. The van der Waals surface area contributed by atoms with Crippen molar-refractivity contribution >= 4 is 0 Å². The summed E-state index contributed by atoms with van der Waals surface area (Å²) in [5, 5.41) is 10.7. The molecule has 3 aromatic rings. The summed E-state index contributed by atoms with van der Waals surface area (Å²) in [5.74, 6) is 1.70. The predicted molar refractivity (Wildman–Crippen MR) is 134 cm³/mol. The van der Waals surface area contributed by atoms with Crippen molar-refractivity contribution in [3.8, 4) is 39.5 Å². The van der Waals surface area contributed by atoms with Gasteiger partial charge >= 0.3 is 0 Å². The van der Waals surface area contributed by atoms with Crippen LogP contribution in [0.3, 0.4) is 0 Å². The van der Waals surface area contributed by atoms with Crippen LogP contribution in [-0.2, 0) is 19.3 Å². The van der Waals surface area contributed by atoms with Crippen LogP contribution in [-0.4, -0.2) is 19.3 Å². The number of ether oxygens (including phenoxy) is 2. The minimum Gasteiger partial charge on any atom is -0.507 e. The summed E-state index contributed by atoms with van der Waals surface area (Å²) in [4.78, 5) is 0. The molecule has 0 aliphatic carbocycles. The first-order valence-corrected chi connectivity index (χ1v) is 10.6. The van der Waals surface area contributed by atoms with Crippen LogP contribution in [0.25, 0.3) is 22.3 Å². The number of allylic oxidation sites excluding steroid dienone is 3. The van der Waals surface area contributed by atoms with Gasteiger partial charge in [-0.05, 0) is 77.9 Å². The second-order valence-corrected chi connectivity index (χ2v) is 7.58. The molecule has 0 fully saturated rings. The van der Waals surface area contributed by atoms with E-state index in [1.54, 1.807) is 20.3 Å². The molecule has 0 saturated heterocycles. The van der Waals surface area contributed by atoms with Gasteiger partial charge in [0.15, 0.2) is 0 Å². The molecule has 0 spiro atoms. The van der Waals surface area contributed by atoms with Crippen LogP contribution < -0.4 is 9.47 Å². The van der Waals surface area contributed by atoms with Crippen LogP contribution in [0.2, 0.25) is 0 Å². The Morgan fingerprint density at radius 3 is 1.94 bits per heavy atom. The standard InChI is InChI=1S/C29H30O3/c1-6-9-20-12-14-27(30)25(17-20)26-19-23(18-22(11-8-3)29(26)32-5)24-16-21(10-7-2)13-15-28(24)31-4/h6-8,12-19,30H,1-3,9-11H2,4-5H3. The van der Waals surface area contributed by atoms with Gasteiger partial charge in [0.1, 0.15) is 17.2 Å². The summed E-state index contributed by atoms with van der Waals surface area (Å²) in [6.45, 7) is 11.6. The molecular weight excluding hydrogens is 396 g/mol. The second kappa shape index (κ2) is 10.5. The van der Waals surface area contributed by atoms with E-state index in [9.17, 15) is 5.11 Å². The molecule has 0 atom stereocenters. The third-order valence-electron chi connectivity index (χ3n) is 5.42. The normalized spacial score (nSPS) is 10.4. The van der Waals surface area contributed by atoms with Crippen LogP contribution in [0.1, 0.15) is 16.7 Å². The number of methoxy groups -OCH3 is 2. The quantitative estimate of drug-likeness (QED) is 0.357. The van der Waals surface area contributed by atoms with E-state index in [-0.39, 0.29) is 5.75 Å². The van der Waals surface area contributed by atoms with Crippen molar-refractivity contribution in [2.75, 3.05) is 14.2 Å². The van der Waals surface area contributed by atoms with Crippen molar-refractivity contribution in [3.63, 3.8) is 0 Å². The zero-order chi connectivity index (χ0) is 23.1. The smallest absolute Gasteiger partial charge is 0.130 e. The number of hydrogen-bond acceptors (Lipinski definition) is 3. The zero-order valence-electron chi connectivity index (χ0n) is 18.9. The Kier molecular flexibility index (Phi) is 7.56. The first-order valence-electron chi connectivity index (χ1n) is 10.6. The maximum atomic E-state index is 10.7. The number of rotatable bonds is 10. The molecule has 0 bridgehead atoms. The third kappa shape index (κ3) is 4.78. The largest absolute Gasteiger partial charge is 0.507 e. The van der Waals surface area contributed by atoms with Gasteiger partial charge in [0.2, 0.25) is 0 Å². The first kappa shape index (κ1) is 23.0. The molecule has 0 unspecified atom stereocenters. The van der Waals surface area contributed by atoms with E-state index < -0.39 is 0 Å². The molecular formula is C29H30O3. The number of hydrogen-bond donors (Lipinski definition) is 1. The average molecular weight is 427 g/mol. The predicted octanol–water partition coefficient (Wildman–Crippen LogP) is 6.93. The van der Waals surface area contributed by atoms with Gasteiger partial charge in [0.25, 0.3) is 0 Å². The van der Waals surface area contributed by atoms with E-state index >= 15 is 0 Å². The van der Waals surface area contributed by atoms with Crippen LogP contribution >= 0.6 is 0 Å². The van der Waals surface area contributed by atoms with E-state index in [1.807, 2.05) is 48.6 Å². The summed E-state index contributed by atoms with van der Waals surface area (Å²) in [5.41, 5.74) is 6.69. The lowest BCUT2D eigenvalue weighted by Gasteiger charge is -2.19. The molecule has 3 rings (SSSR count). The summed E-state index contributed by atoms with van der Waals surface area (Å²) in [7, 11) is 3.33. The maximum absolute atomic E-state index is 10.7. The number of benzene rings is 3. The molecule has 0 amide bonds. The molecule has 0 aromatic heterocycles. The Bertz CT molecular complexity index is 1140. The molecule has 3 nitrogen and oxygen atoms in total. The van der Waals surface area contributed by atoms with E-state index in [1.165, 1.54) is 0 Å². The summed E-state index contributed by atoms with van der Waals surface area (Å²) >= 11 is 0. The Hall–Kier alpha value is -3.72. The first-order chi connectivity index (χ1) is 15.6. The fourth-order valence-electron chi connectivity index (χ4n) is 3.96. The SMILES string of the molecule is C=CCc1ccc(O)c(-c2cc(-c3cc(CC=C)ccc3OC)cc(CC=C)c2OC)c1. The van der Waals surface area contributed by atoms with Crippen molar-refractivity contribution in [3.05, 3.63) is 103 Å². The summed E-state index contributed by atoms with van der Waals surface area (Å²) in [6.07, 6.45) is 7.70. The van der Waals surface area contributed by atoms with E-state index in [4.69, 9.17) is 9.47 Å². The van der Waals surface area contributed by atoms with Gasteiger partial charge in [-0.15, -0.1) is 19.7 Å². The van der Waals surface area contributed by atoms with Crippen molar-refractivity contribution < 1.29 is 14.6 Å². The van der Waals surface area contributed by atoms with Gasteiger partial charge in [-0.3, -0.25) is 0 Å². The lowest BCUT2D eigenvalue weighted by molar-refractivity contribution is 0.411. The van der Waals surface area contributed by atoms with Gasteiger partial charge in [-0.25, -0.2) is 0 Å². The number of aromatic hydroxyl groups is 1. The monoisotopic (exact) mass is 426 g/mol. The summed E-state index contributed by atoms with van der Waals surface area (Å²) in [6, 6.07) is 15.9. The lowest BCUT2D eigenvalue weighted by Crippen LogP contribution is -1.98. The molecule has 32 heavy (non-hydrogen) atoms. The Morgan fingerprint density at radius 2 is 1.34 bits per heavy atom. The molecule has 3 heteroatoms. The van der Waals surface area contributed by atoms with Gasteiger partial charge < -0.3 is 14.6 Å². The average Bonchev–Trinajstić information content (AvgIpc) is 2.80. The van der Waals surface area contributed by atoms with Gasteiger partial charge in [0, 0.05) is 16.7 Å². The summed E-state index contributed by atoms with van der Waals surface area (Å²) < 4.78 is 11.5. The van der Waals surface area contributed by atoms with Gasteiger partial charge in [0.05, 0.1) is 14.2 Å². The number of phenolic OH excluding ortho intramolecular Hbond substituents is 1. The highest BCUT2D eigenvalue weighted by atomic mass is 16.5. The van der Waals surface area contributed by atoms with E-state index in [0.717, 1.165) is 56.9 Å². The van der Waals surface area contributed by atoms with Gasteiger partial charge in [-0.2, -0.15) is 0 Å². The molecule has 3 aromatic carbocycles. The zero-order valence-corrected chi connectivity index (χ0v) is 18.9. The maximum Gasteiger partial charge on any atom is 0.130 e. The Balaban J connectivity index is 2.32. The van der Waals surface area contributed by atoms with E-state index in [2.05, 4.69) is 31.9 Å². The highest BCUT2D eigenvalue weighted by Gasteiger charge is 2.18. The minimum absolute atomic E-state index is 0.199. The van der Waals surface area contributed by atoms with Crippen molar-refractivity contribution in [1.29, 1.82) is 0 Å². The Labute approximate surface area is 191 Å². The molecule has 0 radical (unpaired) electrons. The molecule has 1 N–H and O–H groups in total. The van der Waals surface area contributed by atoms with E-state index in [0.29, 0.717) is 12.8 Å². The molecule has 0 saturated carbocycles. The molecule has 0 aliphatic rings. The Morgan fingerprint density at radius 1 is 0.719 bits per heavy atom. The van der Waals surface area contributed by atoms with Crippen LogP contribution in [0, 0.1) is 0 Å². The molecule has 164 valence electrons. The van der Waals surface area contributed by atoms with Crippen molar-refractivity contribution in [2.24, 2.45) is 0 Å². The van der Waals surface area contributed by atoms with Gasteiger partial charge in [-0.1, -0.05) is 30.4 Å². The topological polar surface area (TPSA) is 38.7 Å². The van der Waals surface area contributed by atoms with Crippen molar-refractivity contribution in [2.45, 2.75) is 19.3 Å². The fourth-order valence-corrected chi connectivity index (χ4v) is 3.96.